The van der Waals surface area contributed by atoms with Gasteiger partial charge in [0.05, 0.1) is 0 Å². The van der Waals surface area contributed by atoms with Crippen LogP contribution in [-0.4, -0.2) is 5.78 Å². The van der Waals surface area contributed by atoms with Crippen LogP contribution in [0.1, 0.15) is 37.3 Å². The lowest BCUT2D eigenvalue weighted by atomic mass is 9.79. The lowest BCUT2D eigenvalue weighted by molar-refractivity contribution is -0.113. The van der Waals surface area contributed by atoms with Gasteiger partial charge in [0, 0.05) is 32.3 Å². The lowest BCUT2D eigenvalue weighted by Gasteiger charge is -2.24. The molecular weight excluding hydrogens is 412 g/mol. The molecule has 0 N–H and O–H groups in total. The highest BCUT2D eigenvalue weighted by Crippen LogP contribution is 2.32. The summed E-state index contributed by atoms with van der Waals surface area (Å²) in [7, 11) is 0. The van der Waals surface area contributed by atoms with Gasteiger partial charge in [0.1, 0.15) is 0 Å². The second-order valence-corrected chi connectivity index (χ2v) is 7.68. The molecule has 0 heterocycles. The Hall–Kier alpha value is -4.31. The predicted molar refractivity (Wildman–Crippen MR) is 133 cm³/mol. The van der Waals surface area contributed by atoms with Gasteiger partial charge in [-0.1, -0.05) is 109 Å². The van der Waals surface area contributed by atoms with Gasteiger partial charge in [0.15, 0.2) is 5.78 Å². The van der Waals surface area contributed by atoms with E-state index in [1.54, 1.807) is 24.3 Å². The van der Waals surface area contributed by atoms with Crippen molar-refractivity contribution >= 4 is 29.3 Å². The van der Waals surface area contributed by atoms with Crippen molar-refractivity contribution in [3.8, 4) is 0 Å². The SMILES string of the molecule is CCC1CC(=CC=Cc2ccc(N=[N+]=[N-])cc2)C(=O)C(=CC=Cc2ccc(N=[N+]=[N-])cc2)C1. The number of nitrogens with zero attached hydrogens (tertiary/aromatic N) is 6. The second kappa shape index (κ2) is 11.9. The summed E-state index contributed by atoms with van der Waals surface area (Å²) in [5.41, 5.74) is 21.7. The van der Waals surface area contributed by atoms with E-state index in [0.717, 1.165) is 41.5 Å². The van der Waals surface area contributed by atoms with Crippen molar-refractivity contribution in [2.24, 2.45) is 16.1 Å². The third-order valence-corrected chi connectivity index (χ3v) is 5.46. The van der Waals surface area contributed by atoms with Gasteiger partial charge in [-0.15, -0.1) is 0 Å². The Morgan fingerprint density at radius 3 is 1.61 bits per heavy atom. The summed E-state index contributed by atoms with van der Waals surface area (Å²) >= 11 is 0. The third kappa shape index (κ3) is 6.84. The molecule has 0 unspecified atom stereocenters. The van der Waals surface area contributed by atoms with Crippen molar-refractivity contribution in [2.45, 2.75) is 26.2 Å². The van der Waals surface area contributed by atoms with E-state index in [1.807, 2.05) is 60.7 Å². The Labute approximate surface area is 192 Å². The summed E-state index contributed by atoms with van der Waals surface area (Å²) < 4.78 is 0. The van der Waals surface area contributed by atoms with Gasteiger partial charge < -0.3 is 0 Å². The Morgan fingerprint density at radius 2 is 1.24 bits per heavy atom. The average Bonchev–Trinajstić information content (AvgIpc) is 2.83. The van der Waals surface area contributed by atoms with Crippen LogP contribution in [0.3, 0.4) is 0 Å². The molecule has 0 radical (unpaired) electrons. The molecule has 1 aliphatic rings. The number of Topliss-reactive ketones (excluding diaryl/α,β-unsaturated/α-hetero) is 1. The van der Waals surface area contributed by atoms with Crippen LogP contribution in [0.4, 0.5) is 11.4 Å². The highest BCUT2D eigenvalue weighted by molar-refractivity contribution is 6.09. The number of hydrogen-bond acceptors (Lipinski definition) is 3. The first-order valence-electron chi connectivity index (χ1n) is 10.7. The van der Waals surface area contributed by atoms with Gasteiger partial charge in [0.2, 0.25) is 0 Å². The molecule has 0 aliphatic heterocycles. The topological polar surface area (TPSA) is 115 Å². The molecule has 0 spiro atoms. The minimum atomic E-state index is 0.0893. The summed E-state index contributed by atoms with van der Waals surface area (Å²) in [5, 5.41) is 7.13. The molecule has 33 heavy (non-hydrogen) atoms. The van der Waals surface area contributed by atoms with Crippen molar-refractivity contribution in [2.75, 3.05) is 0 Å². The van der Waals surface area contributed by atoms with Crippen LogP contribution in [0.25, 0.3) is 33.0 Å². The third-order valence-electron chi connectivity index (χ3n) is 5.46. The Morgan fingerprint density at radius 1 is 0.818 bits per heavy atom. The van der Waals surface area contributed by atoms with E-state index < -0.39 is 0 Å². The molecule has 0 aromatic heterocycles. The minimum Gasteiger partial charge on any atom is -0.289 e. The van der Waals surface area contributed by atoms with Crippen LogP contribution in [0.15, 0.2) is 94.2 Å². The summed E-state index contributed by atoms with van der Waals surface area (Å²) in [6.45, 7) is 2.15. The normalized spacial score (nSPS) is 18.6. The molecule has 0 atom stereocenters. The Bertz CT molecular complexity index is 1110. The second-order valence-electron chi connectivity index (χ2n) is 7.68. The zero-order valence-electron chi connectivity index (χ0n) is 18.4. The van der Waals surface area contributed by atoms with E-state index in [2.05, 4.69) is 27.0 Å². The number of ketones is 1. The molecule has 164 valence electrons. The molecule has 0 saturated heterocycles. The highest BCUT2D eigenvalue weighted by Gasteiger charge is 2.25. The van der Waals surface area contributed by atoms with Crippen LogP contribution in [-0.2, 0) is 4.79 Å². The van der Waals surface area contributed by atoms with Crippen molar-refractivity contribution in [1.82, 2.24) is 0 Å². The molecule has 1 saturated carbocycles. The predicted octanol–water partition coefficient (Wildman–Crippen LogP) is 8.54. The molecule has 1 aliphatic carbocycles. The fourth-order valence-corrected chi connectivity index (χ4v) is 3.62. The van der Waals surface area contributed by atoms with Gasteiger partial charge in [-0.25, -0.2) is 0 Å². The maximum Gasteiger partial charge on any atom is 0.185 e. The molecule has 7 heteroatoms. The summed E-state index contributed by atoms with van der Waals surface area (Å²) in [6, 6.07) is 14.5. The standard InChI is InChI=1S/C26H24N6O/c1-2-19-17-22(7-3-5-20-9-13-24(14-10-20)29-31-27)26(33)23(18-19)8-4-6-21-11-15-25(16-12-21)30-32-28/h3-16,19H,2,17-18H2,1H3. The van der Waals surface area contributed by atoms with E-state index in [0.29, 0.717) is 17.3 Å². The van der Waals surface area contributed by atoms with Crippen LogP contribution < -0.4 is 0 Å². The van der Waals surface area contributed by atoms with Crippen molar-refractivity contribution in [3.63, 3.8) is 0 Å². The van der Waals surface area contributed by atoms with Gasteiger partial charge in [-0.2, -0.15) is 0 Å². The molecule has 0 bridgehead atoms. The van der Waals surface area contributed by atoms with E-state index in [1.165, 1.54) is 0 Å². The zero-order chi connectivity index (χ0) is 23.5. The van der Waals surface area contributed by atoms with Crippen molar-refractivity contribution in [3.05, 3.63) is 116 Å². The Kier molecular flexibility index (Phi) is 8.43. The van der Waals surface area contributed by atoms with Crippen molar-refractivity contribution in [1.29, 1.82) is 0 Å². The molecule has 2 aromatic rings. The van der Waals surface area contributed by atoms with Gasteiger partial charge in [-0.3, -0.25) is 4.79 Å². The average molecular weight is 437 g/mol. The first kappa shape index (κ1) is 23.4. The summed E-state index contributed by atoms with van der Waals surface area (Å²) in [6.07, 6.45) is 14.0. The highest BCUT2D eigenvalue weighted by atomic mass is 16.1. The Balaban J connectivity index is 1.73. The van der Waals surface area contributed by atoms with E-state index >= 15 is 0 Å². The smallest absolute Gasteiger partial charge is 0.185 e. The number of hydrogen-bond donors (Lipinski definition) is 0. The first-order chi connectivity index (χ1) is 16.1. The maximum atomic E-state index is 13.0. The number of azide groups is 2. The van der Waals surface area contributed by atoms with E-state index in [-0.39, 0.29) is 5.78 Å². The molecule has 0 amide bonds. The van der Waals surface area contributed by atoms with Crippen molar-refractivity contribution < 1.29 is 4.79 Å². The summed E-state index contributed by atoms with van der Waals surface area (Å²) in [4.78, 5) is 18.6. The number of allylic oxidation sites excluding steroid dienone is 6. The van der Waals surface area contributed by atoms with Crippen LogP contribution in [0.2, 0.25) is 0 Å². The van der Waals surface area contributed by atoms with Gasteiger partial charge in [-0.05, 0) is 40.9 Å². The zero-order valence-corrected chi connectivity index (χ0v) is 18.4. The number of benzene rings is 2. The number of carbonyl (C=O) groups is 1. The van der Waals surface area contributed by atoms with Gasteiger partial charge >= 0.3 is 0 Å². The first-order valence-corrected chi connectivity index (χ1v) is 10.7. The molecule has 2 aromatic carbocycles. The summed E-state index contributed by atoms with van der Waals surface area (Å²) in [5.74, 6) is 0.527. The minimum absolute atomic E-state index is 0.0893. The monoisotopic (exact) mass is 436 g/mol. The van der Waals surface area contributed by atoms with Gasteiger partial charge in [0.25, 0.3) is 0 Å². The largest absolute Gasteiger partial charge is 0.289 e. The fraction of sp³-hybridized carbons (Fsp3) is 0.192. The van der Waals surface area contributed by atoms with E-state index in [9.17, 15) is 4.79 Å². The van der Waals surface area contributed by atoms with E-state index in [4.69, 9.17) is 11.1 Å². The number of rotatable bonds is 7. The molecule has 7 nitrogen and oxygen atoms in total. The quantitative estimate of drug-likeness (QED) is 0.184. The molecule has 1 fully saturated rings. The molecule has 3 rings (SSSR count). The molecular formula is C26H24N6O. The number of carbonyl (C=O) groups excluding carboxylic acids is 1. The fourth-order valence-electron chi connectivity index (χ4n) is 3.62. The van der Waals surface area contributed by atoms with Crippen LogP contribution >= 0.6 is 0 Å². The maximum absolute atomic E-state index is 13.0. The lowest BCUT2D eigenvalue weighted by Crippen LogP contribution is -2.19. The van der Waals surface area contributed by atoms with Crippen LogP contribution in [0.5, 0.6) is 0 Å². The van der Waals surface area contributed by atoms with Crippen LogP contribution in [0, 0.1) is 5.92 Å².